The highest BCUT2D eigenvalue weighted by molar-refractivity contribution is 6.31. The van der Waals surface area contributed by atoms with Gasteiger partial charge in [0, 0.05) is 19.1 Å². The minimum atomic E-state index is -0.869. The summed E-state index contributed by atoms with van der Waals surface area (Å²) in [5, 5.41) is 0.278. The minimum absolute atomic E-state index is 0.0223. The summed E-state index contributed by atoms with van der Waals surface area (Å²) in [5.74, 6) is -1.80. The molecule has 2 aromatic rings. The van der Waals surface area contributed by atoms with Gasteiger partial charge in [-0.15, -0.1) is 0 Å². The Hall–Kier alpha value is -3.07. The van der Waals surface area contributed by atoms with Gasteiger partial charge in [0.2, 0.25) is 5.78 Å². The number of esters is 1. The number of ether oxygens (including phenoxy) is 2. The number of carbonyl (C=O) groups is 2. The lowest BCUT2D eigenvalue weighted by Crippen LogP contribution is -2.42. The van der Waals surface area contributed by atoms with E-state index in [2.05, 4.69) is 0 Å². The van der Waals surface area contributed by atoms with Crippen molar-refractivity contribution < 1.29 is 19.1 Å². The second kappa shape index (κ2) is 7.44. The highest BCUT2D eigenvalue weighted by Crippen LogP contribution is 2.23. The summed E-state index contributed by atoms with van der Waals surface area (Å²) in [7, 11) is 3.89. The molecular weight excluding hydrogens is 366 g/mol. The van der Waals surface area contributed by atoms with Crippen LogP contribution in [0.5, 0.6) is 5.75 Å². The van der Waals surface area contributed by atoms with Crippen molar-refractivity contribution in [2.45, 2.75) is 0 Å². The molecule has 0 atom stereocenters. The van der Waals surface area contributed by atoms with E-state index >= 15 is 0 Å². The third-order valence-corrected chi connectivity index (χ3v) is 3.94. The zero-order chi connectivity index (χ0) is 19.6. The number of carbonyl (C=O) groups excluding carboxylic acids is 2. The molecule has 0 saturated carbocycles. The van der Waals surface area contributed by atoms with E-state index in [0.717, 1.165) is 9.13 Å². The maximum absolute atomic E-state index is 12.3. The molecule has 1 heterocycles. The number of hydrogen-bond donors (Lipinski definition) is 1. The van der Waals surface area contributed by atoms with E-state index in [1.807, 2.05) is 0 Å². The molecule has 0 saturated heterocycles. The first-order valence-electron chi connectivity index (χ1n) is 7.28. The number of nitrogens with zero attached hydrogens (tertiary/aromatic N) is 2. The van der Waals surface area contributed by atoms with Crippen LogP contribution in [0.2, 0.25) is 5.02 Å². The highest BCUT2D eigenvalue weighted by atomic mass is 35.5. The molecule has 0 fully saturated rings. The number of Topliss-reactive ketones (excluding diaryl/α,β-unsaturated/α-hetero) is 1. The Morgan fingerprint density at radius 3 is 2.46 bits per heavy atom. The normalized spacial score (nSPS) is 10.5. The van der Waals surface area contributed by atoms with Gasteiger partial charge in [0.05, 0.1) is 7.11 Å². The van der Waals surface area contributed by atoms with Crippen molar-refractivity contribution in [2.24, 2.45) is 14.1 Å². The summed E-state index contributed by atoms with van der Waals surface area (Å²) >= 11 is 5.84. The van der Waals surface area contributed by atoms with Crippen molar-refractivity contribution in [3.8, 4) is 5.75 Å². The largest absolute Gasteiger partial charge is 0.496 e. The molecule has 0 amide bonds. The number of nitrogens with two attached hydrogens (primary N) is 1. The van der Waals surface area contributed by atoms with Gasteiger partial charge in [-0.3, -0.25) is 18.7 Å². The number of aromatic nitrogens is 2. The summed E-state index contributed by atoms with van der Waals surface area (Å²) in [6.07, 6.45) is 0. The van der Waals surface area contributed by atoms with E-state index < -0.39 is 35.2 Å². The number of hydrogen-bond acceptors (Lipinski definition) is 7. The van der Waals surface area contributed by atoms with Crippen molar-refractivity contribution in [1.29, 1.82) is 0 Å². The second-order valence-corrected chi connectivity index (χ2v) is 5.75. The third kappa shape index (κ3) is 3.47. The Morgan fingerprint density at radius 2 is 1.85 bits per heavy atom. The lowest BCUT2D eigenvalue weighted by molar-refractivity contribution is 0.0471. The SMILES string of the molecule is COc1ccc(Cl)cc1C(=O)OCC(=O)c1c(N)n(C)c(=O)n(C)c1=O. The summed E-state index contributed by atoms with van der Waals surface area (Å²) < 4.78 is 11.7. The first-order chi connectivity index (χ1) is 12.2. The Kier molecular flexibility index (Phi) is 5.51. The molecule has 0 spiro atoms. The molecule has 2 rings (SSSR count). The van der Waals surface area contributed by atoms with Gasteiger partial charge in [0.15, 0.2) is 6.61 Å². The van der Waals surface area contributed by atoms with Crippen molar-refractivity contribution in [3.63, 3.8) is 0 Å². The number of methoxy groups -OCH3 is 1. The van der Waals surface area contributed by atoms with Gasteiger partial charge in [-0.05, 0) is 18.2 Å². The van der Waals surface area contributed by atoms with Gasteiger partial charge in [-0.2, -0.15) is 0 Å². The van der Waals surface area contributed by atoms with Gasteiger partial charge in [-0.25, -0.2) is 9.59 Å². The molecule has 0 unspecified atom stereocenters. The van der Waals surface area contributed by atoms with E-state index in [0.29, 0.717) is 0 Å². The Balaban J connectivity index is 2.28. The van der Waals surface area contributed by atoms with Crippen LogP contribution in [0.3, 0.4) is 0 Å². The predicted octanol–water partition coefficient (Wildman–Crippen LogP) is 0.368. The fourth-order valence-electron chi connectivity index (χ4n) is 2.24. The van der Waals surface area contributed by atoms with E-state index in [9.17, 15) is 19.2 Å². The van der Waals surface area contributed by atoms with Crippen LogP contribution in [0, 0.1) is 0 Å². The molecule has 0 radical (unpaired) electrons. The molecule has 2 N–H and O–H groups in total. The van der Waals surface area contributed by atoms with Crippen LogP contribution in [0.15, 0.2) is 27.8 Å². The summed E-state index contributed by atoms with van der Waals surface area (Å²) in [5.41, 5.74) is 3.74. The van der Waals surface area contributed by atoms with Crippen LogP contribution in [0.4, 0.5) is 5.82 Å². The standard InChI is InChI=1S/C16H16ClN3O6/c1-19-13(18)12(14(22)20(2)16(19)24)10(21)7-26-15(23)9-6-8(17)4-5-11(9)25-3/h4-6H,7,18H2,1-3H3. The first kappa shape index (κ1) is 19.3. The zero-order valence-electron chi connectivity index (χ0n) is 14.2. The molecule has 10 heteroatoms. The average molecular weight is 382 g/mol. The van der Waals surface area contributed by atoms with E-state index in [1.165, 1.54) is 39.4 Å². The van der Waals surface area contributed by atoms with Crippen LogP contribution in [-0.4, -0.2) is 34.6 Å². The van der Waals surface area contributed by atoms with Crippen molar-refractivity contribution in [2.75, 3.05) is 19.5 Å². The Morgan fingerprint density at radius 1 is 1.19 bits per heavy atom. The van der Waals surface area contributed by atoms with Crippen LogP contribution in [0.1, 0.15) is 20.7 Å². The van der Waals surface area contributed by atoms with Crippen molar-refractivity contribution in [1.82, 2.24) is 9.13 Å². The molecule has 0 bridgehead atoms. The van der Waals surface area contributed by atoms with Crippen LogP contribution in [-0.2, 0) is 18.8 Å². The number of halogens is 1. The predicted molar refractivity (Wildman–Crippen MR) is 94.0 cm³/mol. The molecule has 1 aromatic carbocycles. The second-order valence-electron chi connectivity index (χ2n) is 5.31. The van der Waals surface area contributed by atoms with Crippen LogP contribution < -0.4 is 21.7 Å². The highest BCUT2D eigenvalue weighted by Gasteiger charge is 2.22. The van der Waals surface area contributed by atoms with Crippen LogP contribution in [0.25, 0.3) is 0 Å². The number of ketones is 1. The topological polar surface area (TPSA) is 123 Å². The van der Waals surface area contributed by atoms with Gasteiger partial charge >= 0.3 is 11.7 Å². The monoisotopic (exact) mass is 381 g/mol. The molecule has 26 heavy (non-hydrogen) atoms. The van der Waals surface area contributed by atoms with Crippen molar-refractivity contribution >= 4 is 29.2 Å². The van der Waals surface area contributed by atoms with E-state index in [-0.39, 0.29) is 22.2 Å². The van der Waals surface area contributed by atoms with Crippen molar-refractivity contribution in [3.05, 3.63) is 55.2 Å². The molecule has 1 aromatic heterocycles. The molecule has 0 aliphatic heterocycles. The fourth-order valence-corrected chi connectivity index (χ4v) is 2.41. The molecule has 138 valence electrons. The summed E-state index contributed by atoms with van der Waals surface area (Å²) in [4.78, 5) is 48.4. The van der Waals surface area contributed by atoms with Gasteiger partial charge in [-0.1, -0.05) is 11.6 Å². The van der Waals surface area contributed by atoms with E-state index in [4.69, 9.17) is 26.8 Å². The number of rotatable bonds is 5. The number of benzene rings is 1. The Labute approximate surface area is 152 Å². The molecule has 0 aliphatic rings. The fraction of sp³-hybridized carbons (Fsp3) is 0.250. The quantitative estimate of drug-likeness (QED) is 0.586. The third-order valence-electron chi connectivity index (χ3n) is 3.70. The molecule has 9 nitrogen and oxygen atoms in total. The maximum Gasteiger partial charge on any atom is 0.342 e. The Bertz CT molecular complexity index is 1010. The summed E-state index contributed by atoms with van der Waals surface area (Å²) in [6, 6.07) is 4.32. The molecule has 0 aliphatic carbocycles. The number of nitrogen functional groups attached to an aromatic ring is 1. The minimum Gasteiger partial charge on any atom is -0.496 e. The number of anilines is 1. The lowest BCUT2D eigenvalue weighted by Gasteiger charge is -2.11. The first-order valence-corrected chi connectivity index (χ1v) is 7.66. The van der Waals surface area contributed by atoms with Gasteiger partial charge in [0.1, 0.15) is 22.7 Å². The van der Waals surface area contributed by atoms with E-state index in [1.54, 1.807) is 0 Å². The lowest BCUT2D eigenvalue weighted by atomic mass is 10.2. The van der Waals surface area contributed by atoms with Gasteiger partial charge < -0.3 is 15.2 Å². The smallest absolute Gasteiger partial charge is 0.342 e. The summed E-state index contributed by atoms with van der Waals surface area (Å²) in [6.45, 7) is -0.744. The average Bonchev–Trinajstić information content (AvgIpc) is 2.62. The van der Waals surface area contributed by atoms with Gasteiger partial charge in [0.25, 0.3) is 5.56 Å². The maximum atomic E-state index is 12.3. The van der Waals surface area contributed by atoms with Crippen LogP contribution >= 0.6 is 11.6 Å². The molecular formula is C16H16ClN3O6. The zero-order valence-corrected chi connectivity index (χ0v) is 15.0.